The molecule has 2 rings (SSSR count). The Kier molecular flexibility index (Phi) is 7.62. The van der Waals surface area contributed by atoms with Crippen LogP contribution in [0.4, 0.5) is 0 Å². The predicted octanol–water partition coefficient (Wildman–Crippen LogP) is 1.36. The molecule has 0 saturated heterocycles. The van der Waals surface area contributed by atoms with Crippen molar-refractivity contribution in [3.05, 3.63) is 35.1 Å². The molecule has 8 nitrogen and oxygen atoms in total. The highest BCUT2D eigenvalue weighted by atomic mass is 35.5. The largest absolute Gasteiger partial charge is 0.486 e. The van der Waals surface area contributed by atoms with Gasteiger partial charge in [0.2, 0.25) is 5.91 Å². The molecule has 1 aromatic heterocycles. The van der Waals surface area contributed by atoms with Gasteiger partial charge in [-0.2, -0.15) is 0 Å². The van der Waals surface area contributed by atoms with Gasteiger partial charge in [-0.05, 0) is 47.8 Å². The van der Waals surface area contributed by atoms with Gasteiger partial charge in [-0.25, -0.2) is 4.68 Å². The molecule has 0 aliphatic rings. The van der Waals surface area contributed by atoms with Gasteiger partial charge in [-0.3, -0.25) is 4.79 Å². The van der Waals surface area contributed by atoms with Gasteiger partial charge >= 0.3 is 0 Å². The van der Waals surface area contributed by atoms with E-state index >= 15 is 0 Å². The third-order valence-electron chi connectivity index (χ3n) is 3.73. The quantitative estimate of drug-likeness (QED) is 0.683. The van der Waals surface area contributed by atoms with E-state index in [0.29, 0.717) is 23.1 Å². The number of carbonyl (C=O) groups excluding carboxylic acids is 1. The van der Waals surface area contributed by atoms with E-state index in [-0.39, 0.29) is 19.1 Å². The summed E-state index contributed by atoms with van der Waals surface area (Å²) in [5.41, 5.74) is 0. The SMILES string of the molecule is CCN(CC)CCNC(=O)Cn1nnnc1COc1ccc(Cl)cc1. The Morgan fingerprint density at radius 1 is 1.28 bits per heavy atom. The van der Waals surface area contributed by atoms with Crippen molar-refractivity contribution in [2.45, 2.75) is 27.0 Å². The normalized spacial score (nSPS) is 10.9. The van der Waals surface area contributed by atoms with Gasteiger partial charge in [0.15, 0.2) is 5.82 Å². The first-order valence-corrected chi connectivity index (χ1v) is 8.62. The summed E-state index contributed by atoms with van der Waals surface area (Å²) in [6.45, 7) is 7.77. The van der Waals surface area contributed by atoms with Crippen LogP contribution in [0.15, 0.2) is 24.3 Å². The van der Waals surface area contributed by atoms with Crippen LogP contribution >= 0.6 is 11.6 Å². The van der Waals surface area contributed by atoms with Gasteiger partial charge in [0.05, 0.1) is 0 Å². The van der Waals surface area contributed by atoms with Gasteiger partial charge in [0, 0.05) is 18.1 Å². The Hall–Kier alpha value is -2.19. The number of carbonyl (C=O) groups is 1. The smallest absolute Gasteiger partial charge is 0.241 e. The summed E-state index contributed by atoms with van der Waals surface area (Å²) in [7, 11) is 0. The van der Waals surface area contributed by atoms with E-state index in [2.05, 4.69) is 39.6 Å². The average molecular weight is 367 g/mol. The monoisotopic (exact) mass is 366 g/mol. The Labute approximate surface area is 152 Å². The van der Waals surface area contributed by atoms with Crippen LogP contribution in [0, 0.1) is 0 Å². The third-order valence-corrected chi connectivity index (χ3v) is 3.98. The van der Waals surface area contributed by atoms with Crippen molar-refractivity contribution in [3.8, 4) is 5.75 Å². The molecule has 136 valence electrons. The highest BCUT2D eigenvalue weighted by Gasteiger charge is 2.11. The Morgan fingerprint density at radius 2 is 2.00 bits per heavy atom. The van der Waals surface area contributed by atoms with Crippen LogP contribution in [0.2, 0.25) is 5.02 Å². The summed E-state index contributed by atoms with van der Waals surface area (Å²) < 4.78 is 7.04. The number of hydrogen-bond acceptors (Lipinski definition) is 6. The van der Waals surface area contributed by atoms with E-state index < -0.39 is 0 Å². The van der Waals surface area contributed by atoms with Gasteiger partial charge in [0.1, 0.15) is 18.9 Å². The molecule has 0 saturated carbocycles. The topological polar surface area (TPSA) is 85.2 Å². The number of benzene rings is 1. The van der Waals surface area contributed by atoms with Crippen LogP contribution in [0.3, 0.4) is 0 Å². The minimum absolute atomic E-state index is 0.0601. The number of aromatic nitrogens is 4. The van der Waals surface area contributed by atoms with Crippen LogP contribution in [0.25, 0.3) is 0 Å². The van der Waals surface area contributed by atoms with Crippen LogP contribution < -0.4 is 10.1 Å². The molecule has 1 aromatic carbocycles. The molecule has 1 N–H and O–H groups in total. The first-order chi connectivity index (χ1) is 12.1. The van der Waals surface area contributed by atoms with Crippen LogP contribution in [-0.2, 0) is 17.9 Å². The first kappa shape index (κ1) is 19.1. The molecule has 0 unspecified atom stereocenters. The maximum Gasteiger partial charge on any atom is 0.241 e. The van der Waals surface area contributed by atoms with Gasteiger partial charge in [-0.1, -0.05) is 25.4 Å². The predicted molar refractivity (Wildman–Crippen MR) is 94.4 cm³/mol. The van der Waals surface area contributed by atoms with Gasteiger partial charge < -0.3 is 15.0 Å². The lowest BCUT2D eigenvalue weighted by atomic mass is 10.3. The number of tetrazole rings is 1. The number of ether oxygens (including phenoxy) is 1. The maximum atomic E-state index is 12.0. The molecule has 0 fully saturated rings. The van der Waals surface area contributed by atoms with Gasteiger partial charge in [-0.15, -0.1) is 5.10 Å². The molecule has 25 heavy (non-hydrogen) atoms. The molecule has 1 heterocycles. The van der Waals surface area contributed by atoms with E-state index in [1.807, 2.05) is 0 Å². The molecule has 1 amide bonds. The molecule has 0 spiro atoms. The maximum absolute atomic E-state index is 12.0. The summed E-state index contributed by atoms with van der Waals surface area (Å²) in [6.07, 6.45) is 0. The number of nitrogens with one attached hydrogen (secondary N) is 1. The van der Waals surface area contributed by atoms with Crippen molar-refractivity contribution < 1.29 is 9.53 Å². The zero-order chi connectivity index (χ0) is 18.1. The molecule has 0 aliphatic carbocycles. The van der Waals surface area contributed by atoms with Crippen LogP contribution in [0.5, 0.6) is 5.75 Å². The van der Waals surface area contributed by atoms with Gasteiger partial charge in [0.25, 0.3) is 0 Å². The third kappa shape index (κ3) is 6.32. The van der Waals surface area contributed by atoms with Crippen molar-refractivity contribution in [2.75, 3.05) is 26.2 Å². The summed E-state index contributed by atoms with van der Waals surface area (Å²) in [5.74, 6) is 1.00. The summed E-state index contributed by atoms with van der Waals surface area (Å²) in [4.78, 5) is 14.3. The Bertz CT molecular complexity index is 657. The fourth-order valence-corrected chi connectivity index (χ4v) is 2.34. The number of rotatable bonds is 10. The summed E-state index contributed by atoms with van der Waals surface area (Å²) >= 11 is 5.83. The Balaban J connectivity index is 1.80. The number of halogens is 1. The second-order valence-corrected chi connectivity index (χ2v) is 5.81. The zero-order valence-corrected chi connectivity index (χ0v) is 15.2. The second-order valence-electron chi connectivity index (χ2n) is 5.37. The molecule has 0 bridgehead atoms. The van der Waals surface area contributed by atoms with Crippen molar-refractivity contribution in [3.63, 3.8) is 0 Å². The highest BCUT2D eigenvalue weighted by molar-refractivity contribution is 6.30. The zero-order valence-electron chi connectivity index (χ0n) is 14.5. The number of nitrogens with zero attached hydrogens (tertiary/aromatic N) is 5. The molecular formula is C16H23ClN6O2. The minimum atomic E-state index is -0.132. The summed E-state index contributed by atoms with van der Waals surface area (Å²) in [5, 5.41) is 14.9. The van der Waals surface area contributed by atoms with Crippen LogP contribution in [0.1, 0.15) is 19.7 Å². The van der Waals surface area contributed by atoms with E-state index in [0.717, 1.165) is 19.6 Å². The Morgan fingerprint density at radius 3 is 2.68 bits per heavy atom. The van der Waals surface area contributed by atoms with E-state index in [1.165, 1.54) is 4.68 Å². The first-order valence-electron chi connectivity index (χ1n) is 8.24. The van der Waals surface area contributed by atoms with E-state index in [4.69, 9.17) is 16.3 Å². The number of amides is 1. The number of hydrogen-bond donors (Lipinski definition) is 1. The molecule has 0 radical (unpaired) electrons. The molecule has 0 aliphatic heterocycles. The highest BCUT2D eigenvalue weighted by Crippen LogP contribution is 2.16. The molecule has 9 heteroatoms. The fraction of sp³-hybridized carbons (Fsp3) is 0.500. The molecule has 0 atom stereocenters. The second kappa shape index (κ2) is 9.95. The molecule has 2 aromatic rings. The van der Waals surface area contributed by atoms with Crippen LogP contribution in [-0.4, -0.2) is 57.2 Å². The lowest BCUT2D eigenvalue weighted by Crippen LogP contribution is -2.36. The lowest BCUT2D eigenvalue weighted by Gasteiger charge is -2.17. The van der Waals surface area contributed by atoms with Crippen molar-refractivity contribution in [2.24, 2.45) is 0 Å². The summed E-state index contributed by atoms with van der Waals surface area (Å²) in [6, 6.07) is 7.00. The standard InChI is InChI=1S/C16H23ClN6O2/c1-3-22(4-2)10-9-18-16(24)11-23-15(19-20-21-23)12-25-14-7-5-13(17)6-8-14/h5-8H,3-4,9-12H2,1-2H3,(H,18,24). The van der Waals surface area contributed by atoms with E-state index in [1.54, 1.807) is 24.3 Å². The van der Waals surface area contributed by atoms with Crippen molar-refractivity contribution in [1.82, 2.24) is 30.4 Å². The average Bonchev–Trinajstić information content (AvgIpc) is 3.05. The fourth-order valence-electron chi connectivity index (χ4n) is 2.21. The van der Waals surface area contributed by atoms with Crippen molar-refractivity contribution >= 4 is 17.5 Å². The lowest BCUT2D eigenvalue weighted by molar-refractivity contribution is -0.122. The molecular weight excluding hydrogens is 344 g/mol. The van der Waals surface area contributed by atoms with Crippen molar-refractivity contribution in [1.29, 1.82) is 0 Å². The minimum Gasteiger partial charge on any atom is -0.486 e. The number of likely N-dealkylation sites (N-methyl/N-ethyl adjacent to an activating group) is 1. The van der Waals surface area contributed by atoms with E-state index in [9.17, 15) is 4.79 Å².